The molecule has 0 amide bonds. The molecule has 2 aromatic rings. The van der Waals surface area contributed by atoms with Crippen molar-refractivity contribution in [3.05, 3.63) is 41.9 Å². The number of benzene rings is 1. The Morgan fingerprint density at radius 3 is 3.00 bits per heavy atom. The molecule has 1 aliphatic heterocycles. The summed E-state index contributed by atoms with van der Waals surface area (Å²) in [4.78, 5) is 6.29. The highest BCUT2D eigenvalue weighted by atomic mass is 32.2. The second kappa shape index (κ2) is 5.20. The molecule has 3 N–H and O–H groups in total. The Labute approximate surface area is 122 Å². The summed E-state index contributed by atoms with van der Waals surface area (Å²) in [5.74, 6) is 0. The van der Waals surface area contributed by atoms with E-state index >= 15 is 0 Å². The first-order valence-electron chi connectivity index (χ1n) is 6.36. The average molecular weight is 303 g/mol. The Morgan fingerprint density at radius 2 is 2.29 bits per heavy atom. The molecular weight excluding hydrogens is 290 g/mol. The number of aromatic amines is 1. The molecule has 0 saturated carbocycles. The predicted octanol–water partition coefficient (Wildman–Crippen LogP) is 0.596. The van der Waals surface area contributed by atoms with E-state index in [1.807, 2.05) is 6.07 Å². The number of H-pyrrole nitrogens is 1. The van der Waals surface area contributed by atoms with Gasteiger partial charge >= 0.3 is 0 Å². The van der Waals surface area contributed by atoms with Gasteiger partial charge in [0.1, 0.15) is 0 Å². The molecule has 7 nitrogen and oxygen atoms in total. The van der Waals surface area contributed by atoms with Crippen molar-refractivity contribution in [3.8, 4) is 6.07 Å². The molecule has 1 aromatic carbocycles. The van der Waals surface area contributed by atoms with Gasteiger partial charge in [-0.05, 0) is 30.2 Å². The molecule has 0 bridgehead atoms. The normalized spacial score (nSPS) is 17.6. The maximum Gasteiger partial charge on any atom is 0.257 e. The molecule has 1 aromatic heterocycles. The van der Waals surface area contributed by atoms with E-state index in [-0.39, 0.29) is 11.1 Å². The summed E-state index contributed by atoms with van der Waals surface area (Å²) >= 11 is 0. The number of rotatable bonds is 3. The van der Waals surface area contributed by atoms with Gasteiger partial charge < -0.3 is 10.3 Å². The number of fused-ring (bicyclic) bond motifs is 1. The lowest BCUT2D eigenvalue weighted by Gasteiger charge is -2.26. The zero-order chi connectivity index (χ0) is 14.9. The summed E-state index contributed by atoms with van der Waals surface area (Å²) in [6, 6.07) is 7.16. The fraction of sp³-hybridized carbons (Fsp3) is 0.231. The molecule has 8 heteroatoms. The molecule has 108 valence electrons. The number of hydrogen-bond donors (Lipinski definition) is 3. The highest BCUT2D eigenvalue weighted by molar-refractivity contribution is 7.89. The third-order valence-electron chi connectivity index (χ3n) is 3.32. The maximum atomic E-state index is 12.1. The molecule has 0 spiro atoms. The van der Waals surface area contributed by atoms with E-state index in [1.165, 1.54) is 12.5 Å². The largest absolute Gasteiger partial charge is 0.383 e. The van der Waals surface area contributed by atoms with Gasteiger partial charge in [0, 0.05) is 18.3 Å². The molecule has 0 saturated heterocycles. The van der Waals surface area contributed by atoms with E-state index in [9.17, 15) is 8.42 Å². The molecule has 1 aliphatic rings. The van der Waals surface area contributed by atoms with Gasteiger partial charge in [-0.3, -0.25) is 0 Å². The first-order chi connectivity index (χ1) is 10.1. The Morgan fingerprint density at radius 1 is 1.43 bits per heavy atom. The van der Waals surface area contributed by atoms with Gasteiger partial charge in [0.25, 0.3) is 10.0 Å². The number of nitrogens with zero attached hydrogens (tertiary/aromatic N) is 2. The molecule has 0 fully saturated rings. The first kappa shape index (κ1) is 13.6. The van der Waals surface area contributed by atoms with Crippen LogP contribution in [-0.4, -0.2) is 31.0 Å². The topological polar surface area (TPSA) is 111 Å². The minimum absolute atomic E-state index is 0.0408. The second-order valence-electron chi connectivity index (χ2n) is 4.80. The third kappa shape index (κ3) is 2.74. The summed E-state index contributed by atoms with van der Waals surface area (Å²) < 4.78 is 26.9. The van der Waals surface area contributed by atoms with E-state index in [2.05, 4.69) is 26.1 Å². The number of imidazole rings is 1. The van der Waals surface area contributed by atoms with Crippen LogP contribution in [0.15, 0.2) is 35.7 Å². The monoisotopic (exact) mass is 303 g/mol. The standard InChI is InChI=1S/C13H13N5O2S/c14-5-9-1-2-12-10(3-9)4-11(6-16-12)18-21(19,20)13-7-15-8-17-13/h1-3,7-8,11,16,18H,4,6H2,(H,15,17). The predicted molar refractivity (Wildman–Crippen MR) is 76.0 cm³/mol. The van der Waals surface area contributed by atoms with Gasteiger partial charge in [-0.25, -0.2) is 18.1 Å². The number of nitriles is 1. The quantitative estimate of drug-likeness (QED) is 0.769. The molecule has 1 atom stereocenters. The molecule has 3 rings (SSSR count). The van der Waals surface area contributed by atoms with E-state index in [1.54, 1.807) is 12.1 Å². The van der Waals surface area contributed by atoms with Crippen LogP contribution >= 0.6 is 0 Å². The fourth-order valence-corrected chi connectivity index (χ4v) is 3.47. The maximum absolute atomic E-state index is 12.1. The summed E-state index contributed by atoms with van der Waals surface area (Å²) in [6.07, 6.45) is 3.12. The van der Waals surface area contributed by atoms with Crippen LogP contribution in [0.2, 0.25) is 0 Å². The van der Waals surface area contributed by atoms with Crippen molar-refractivity contribution in [3.63, 3.8) is 0 Å². The van der Waals surface area contributed by atoms with Crippen LogP contribution in [0.3, 0.4) is 0 Å². The van der Waals surface area contributed by atoms with Crippen LogP contribution in [0.5, 0.6) is 0 Å². The molecule has 2 heterocycles. The van der Waals surface area contributed by atoms with Crippen LogP contribution in [0.4, 0.5) is 5.69 Å². The third-order valence-corrected chi connectivity index (χ3v) is 4.77. The van der Waals surface area contributed by atoms with Gasteiger partial charge in [0.05, 0.1) is 24.2 Å². The fourth-order valence-electron chi connectivity index (χ4n) is 2.33. The zero-order valence-corrected chi connectivity index (χ0v) is 11.8. The molecular formula is C13H13N5O2S. The van der Waals surface area contributed by atoms with Crippen molar-refractivity contribution < 1.29 is 8.42 Å². The Balaban J connectivity index is 1.79. The van der Waals surface area contributed by atoms with Gasteiger partial charge in [-0.2, -0.15) is 5.26 Å². The first-order valence-corrected chi connectivity index (χ1v) is 7.84. The number of sulfonamides is 1. The smallest absolute Gasteiger partial charge is 0.257 e. The van der Waals surface area contributed by atoms with Gasteiger partial charge in [-0.1, -0.05) is 0 Å². The minimum atomic E-state index is -3.61. The lowest BCUT2D eigenvalue weighted by atomic mass is 9.98. The van der Waals surface area contributed by atoms with Crippen LogP contribution in [0, 0.1) is 11.3 Å². The van der Waals surface area contributed by atoms with Crippen molar-refractivity contribution >= 4 is 15.7 Å². The lowest BCUT2D eigenvalue weighted by Crippen LogP contribution is -2.43. The molecule has 21 heavy (non-hydrogen) atoms. The Bertz CT molecular complexity index is 792. The number of nitrogens with one attached hydrogen (secondary N) is 3. The lowest BCUT2D eigenvalue weighted by molar-refractivity contribution is 0.546. The Kier molecular flexibility index (Phi) is 3.37. The number of anilines is 1. The summed E-state index contributed by atoms with van der Waals surface area (Å²) in [6.45, 7) is 0.492. The SMILES string of the molecule is N#Cc1ccc2c(c1)CC(NS(=O)(=O)c1cnc[nH]1)CN2. The van der Waals surface area contributed by atoms with Crippen molar-refractivity contribution in [2.45, 2.75) is 17.5 Å². The van der Waals surface area contributed by atoms with E-state index in [4.69, 9.17) is 5.26 Å². The van der Waals surface area contributed by atoms with Gasteiger partial charge in [0.2, 0.25) is 0 Å². The van der Waals surface area contributed by atoms with Crippen LogP contribution in [-0.2, 0) is 16.4 Å². The van der Waals surface area contributed by atoms with Crippen LogP contribution < -0.4 is 10.0 Å². The summed E-state index contributed by atoms with van der Waals surface area (Å²) in [7, 11) is -3.61. The van der Waals surface area contributed by atoms with E-state index < -0.39 is 10.0 Å². The molecule has 0 aliphatic carbocycles. The number of aromatic nitrogens is 2. The second-order valence-corrected chi connectivity index (χ2v) is 6.49. The molecule has 0 radical (unpaired) electrons. The summed E-state index contributed by atoms with van der Waals surface area (Å²) in [5, 5.41) is 12.1. The summed E-state index contributed by atoms with van der Waals surface area (Å²) in [5.41, 5.74) is 2.43. The molecule has 1 unspecified atom stereocenters. The Hall–Kier alpha value is -2.37. The average Bonchev–Trinajstić information content (AvgIpc) is 3.01. The number of hydrogen-bond acceptors (Lipinski definition) is 5. The van der Waals surface area contributed by atoms with Crippen molar-refractivity contribution in [2.75, 3.05) is 11.9 Å². The zero-order valence-electron chi connectivity index (χ0n) is 11.0. The minimum Gasteiger partial charge on any atom is -0.383 e. The van der Waals surface area contributed by atoms with Gasteiger partial charge in [0.15, 0.2) is 5.03 Å². The highest BCUT2D eigenvalue weighted by Crippen LogP contribution is 2.23. The highest BCUT2D eigenvalue weighted by Gasteiger charge is 2.25. The van der Waals surface area contributed by atoms with Crippen molar-refractivity contribution in [1.29, 1.82) is 5.26 Å². The van der Waals surface area contributed by atoms with E-state index in [0.717, 1.165) is 11.3 Å². The van der Waals surface area contributed by atoms with Crippen LogP contribution in [0.1, 0.15) is 11.1 Å². The van der Waals surface area contributed by atoms with E-state index in [0.29, 0.717) is 18.5 Å². The van der Waals surface area contributed by atoms with Crippen molar-refractivity contribution in [1.82, 2.24) is 14.7 Å². The van der Waals surface area contributed by atoms with Crippen LogP contribution in [0.25, 0.3) is 0 Å². The van der Waals surface area contributed by atoms with Crippen molar-refractivity contribution in [2.24, 2.45) is 0 Å². The van der Waals surface area contributed by atoms with Gasteiger partial charge in [-0.15, -0.1) is 0 Å².